The van der Waals surface area contributed by atoms with Gasteiger partial charge in [0.2, 0.25) is 10.0 Å². The predicted octanol–water partition coefficient (Wildman–Crippen LogP) is 2.82. The fraction of sp³-hybridized carbons (Fsp3) is 0.278. The minimum atomic E-state index is -3.92. The number of nitrogens with zero attached hydrogens (tertiary/aromatic N) is 4. The quantitative estimate of drug-likeness (QED) is 0.433. The molecule has 0 unspecified atom stereocenters. The topological polar surface area (TPSA) is 110 Å². The maximum atomic E-state index is 12.9. The van der Waals surface area contributed by atoms with Crippen LogP contribution in [0.4, 0.5) is 5.69 Å². The molecule has 11 heteroatoms. The van der Waals surface area contributed by atoms with Gasteiger partial charge in [-0.2, -0.15) is 4.31 Å². The van der Waals surface area contributed by atoms with Crippen molar-refractivity contribution < 1.29 is 17.8 Å². The summed E-state index contributed by atoms with van der Waals surface area (Å²) >= 11 is 1.53. The molecule has 9 nitrogen and oxygen atoms in total. The number of para-hydroxylation sites is 1. The SMILES string of the molecule is O=[N+]([O-])c1ccccc1S(=O)(=O)N1CCN(Cc2nc(-c3ccco3)cs2)CC1. The van der Waals surface area contributed by atoms with E-state index in [0.717, 1.165) is 10.7 Å². The third-order valence-electron chi connectivity index (χ3n) is 4.70. The normalized spacial score (nSPS) is 16.1. The van der Waals surface area contributed by atoms with Gasteiger partial charge in [-0.15, -0.1) is 11.3 Å². The first kappa shape index (κ1) is 19.7. The molecule has 0 aliphatic carbocycles. The van der Waals surface area contributed by atoms with Crippen LogP contribution in [0.1, 0.15) is 5.01 Å². The zero-order chi connectivity index (χ0) is 20.4. The molecule has 0 amide bonds. The van der Waals surface area contributed by atoms with Crippen molar-refractivity contribution in [3.63, 3.8) is 0 Å². The summed E-state index contributed by atoms with van der Waals surface area (Å²) in [5.41, 5.74) is 0.385. The van der Waals surface area contributed by atoms with Gasteiger partial charge in [-0.3, -0.25) is 15.0 Å². The molecule has 1 aliphatic heterocycles. The number of sulfonamides is 1. The Balaban J connectivity index is 1.41. The standard InChI is InChI=1S/C18H18N4O5S2/c23-22(24)15-4-1-2-6-17(15)29(25,26)21-9-7-20(8-10-21)12-18-19-14(13-28-18)16-5-3-11-27-16/h1-6,11,13H,7-10,12H2. The van der Waals surface area contributed by atoms with Crippen molar-refractivity contribution in [2.45, 2.75) is 11.4 Å². The Labute approximate surface area is 171 Å². The van der Waals surface area contributed by atoms with E-state index in [-0.39, 0.29) is 18.0 Å². The predicted molar refractivity (Wildman–Crippen MR) is 107 cm³/mol. The molecule has 1 aromatic carbocycles. The van der Waals surface area contributed by atoms with Crippen molar-refractivity contribution in [1.82, 2.24) is 14.2 Å². The van der Waals surface area contributed by atoms with E-state index >= 15 is 0 Å². The van der Waals surface area contributed by atoms with Crippen molar-refractivity contribution in [3.05, 3.63) is 63.2 Å². The van der Waals surface area contributed by atoms with Crippen LogP contribution in [0.3, 0.4) is 0 Å². The Morgan fingerprint density at radius 1 is 1.14 bits per heavy atom. The number of rotatable bonds is 6. The van der Waals surface area contributed by atoms with E-state index in [1.807, 2.05) is 17.5 Å². The molecule has 1 aliphatic rings. The molecule has 0 radical (unpaired) electrons. The number of nitro benzene ring substituents is 1. The van der Waals surface area contributed by atoms with Crippen molar-refractivity contribution in [1.29, 1.82) is 0 Å². The number of piperazine rings is 1. The molecule has 29 heavy (non-hydrogen) atoms. The first-order chi connectivity index (χ1) is 13.9. The molecular formula is C18H18N4O5S2. The first-order valence-corrected chi connectivity index (χ1v) is 11.2. The van der Waals surface area contributed by atoms with Crippen LogP contribution in [0.5, 0.6) is 0 Å². The van der Waals surface area contributed by atoms with Gasteiger partial charge in [-0.05, 0) is 18.2 Å². The number of thiazole rings is 1. The maximum Gasteiger partial charge on any atom is 0.289 e. The molecule has 1 fully saturated rings. The van der Waals surface area contributed by atoms with Crippen LogP contribution in [-0.2, 0) is 16.6 Å². The van der Waals surface area contributed by atoms with E-state index in [1.54, 1.807) is 6.26 Å². The van der Waals surface area contributed by atoms with Crippen molar-refractivity contribution in [3.8, 4) is 11.5 Å². The molecule has 0 spiro atoms. The molecule has 152 valence electrons. The third kappa shape index (κ3) is 4.08. The molecule has 1 saturated heterocycles. The summed E-state index contributed by atoms with van der Waals surface area (Å²) < 4.78 is 32.4. The Kier molecular flexibility index (Phi) is 5.46. The molecular weight excluding hydrogens is 416 g/mol. The van der Waals surface area contributed by atoms with Gasteiger partial charge in [0.15, 0.2) is 10.7 Å². The first-order valence-electron chi connectivity index (χ1n) is 8.89. The monoisotopic (exact) mass is 434 g/mol. The number of hydrogen-bond donors (Lipinski definition) is 0. The smallest absolute Gasteiger partial charge is 0.289 e. The number of hydrogen-bond acceptors (Lipinski definition) is 8. The molecule has 0 atom stereocenters. The Hall–Kier alpha value is -2.60. The lowest BCUT2D eigenvalue weighted by Crippen LogP contribution is -2.48. The second-order valence-corrected chi connectivity index (χ2v) is 9.36. The van der Waals surface area contributed by atoms with Crippen LogP contribution >= 0.6 is 11.3 Å². The molecule has 0 saturated carbocycles. The van der Waals surface area contributed by atoms with Crippen LogP contribution in [0.2, 0.25) is 0 Å². The van der Waals surface area contributed by atoms with Gasteiger partial charge in [0.25, 0.3) is 5.69 Å². The van der Waals surface area contributed by atoms with E-state index in [4.69, 9.17) is 4.42 Å². The van der Waals surface area contributed by atoms with E-state index in [0.29, 0.717) is 25.4 Å². The Morgan fingerprint density at radius 3 is 2.59 bits per heavy atom. The van der Waals surface area contributed by atoms with E-state index < -0.39 is 20.6 Å². The summed E-state index contributed by atoms with van der Waals surface area (Å²) in [5.74, 6) is 0.716. The van der Waals surface area contributed by atoms with Crippen molar-refractivity contribution in [2.75, 3.05) is 26.2 Å². The van der Waals surface area contributed by atoms with Gasteiger partial charge in [-0.1, -0.05) is 12.1 Å². The number of nitro groups is 1. The van der Waals surface area contributed by atoms with E-state index in [1.165, 1.54) is 39.9 Å². The highest BCUT2D eigenvalue weighted by molar-refractivity contribution is 7.89. The Bertz CT molecular complexity index is 1100. The van der Waals surface area contributed by atoms with Gasteiger partial charge >= 0.3 is 0 Å². The minimum absolute atomic E-state index is 0.263. The zero-order valence-corrected chi connectivity index (χ0v) is 16.9. The maximum absolute atomic E-state index is 12.9. The number of aromatic nitrogens is 1. The number of furan rings is 1. The summed E-state index contributed by atoms with van der Waals surface area (Å²) in [6, 6.07) is 9.11. The lowest BCUT2D eigenvalue weighted by Gasteiger charge is -2.33. The lowest BCUT2D eigenvalue weighted by molar-refractivity contribution is -0.387. The fourth-order valence-corrected chi connectivity index (χ4v) is 5.61. The second kappa shape index (κ2) is 8.03. The van der Waals surface area contributed by atoms with Gasteiger partial charge < -0.3 is 4.42 Å². The highest BCUT2D eigenvalue weighted by Gasteiger charge is 2.33. The van der Waals surface area contributed by atoms with Crippen LogP contribution in [0, 0.1) is 10.1 Å². The van der Waals surface area contributed by atoms with Crippen LogP contribution in [0.25, 0.3) is 11.5 Å². The van der Waals surface area contributed by atoms with Gasteiger partial charge in [0.1, 0.15) is 10.7 Å². The third-order valence-corrected chi connectivity index (χ3v) is 7.47. The lowest BCUT2D eigenvalue weighted by atomic mass is 10.3. The summed E-state index contributed by atoms with van der Waals surface area (Å²) in [6.45, 7) is 2.20. The second-order valence-electron chi connectivity index (χ2n) is 6.51. The summed E-state index contributed by atoms with van der Waals surface area (Å²) in [5, 5.41) is 14.1. The average molecular weight is 434 g/mol. The van der Waals surface area contributed by atoms with E-state index in [2.05, 4.69) is 9.88 Å². The summed E-state index contributed by atoms with van der Waals surface area (Å²) in [6.07, 6.45) is 1.60. The molecule has 4 rings (SSSR count). The summed E-state index contributed by atoms with van der Waals surface area (Å²) in [4.78, 5) is 17.0. The summed E-state index contributed by atoms with van der Waals surface area (Å²) in [7, 11) is -3.92. The average Bonchev–Trinajstić information content (AvgIpc) is 3.40. The minimum Gasteiger partial charge on any atom is -0.463 e. The zero-order valence-electron chi connectivity index (χ0n) is 15.3. The van der Waals surface area contributed by atoms with Gasteiger partial charge in [-0.25, -0.2) is 13.4 Å². The number of benzene rings is 1. The molecule has 3 aromatic rings. The highest BCUT2D eigenvalue weighted by atomic mass is 32.2. The van der Waals surface area contributed by atoms with Crippen LogP contribution < -0.4 is 0 Å². The largest absolute Gasteiger partial charge is 0.463 e. The van der Waals surface area contributed by atoms with Gasteiger partial charge in [0, 0.05) is 37.6 Å². The van der Waals surface area contributed by atoms with Crippen LogP contribution in [-0.4, -0.2) is 53.7 Å². The van der Waals surface area contributed by atoms with E-state index in [9.17, 15) is 18.5 Å². The fourth-order valence-electron chi connectivity index (χ4n) is 3.21. The Morgan fingerprint density at radius 2 is 1.90 bits per heavy atom. The van der Waals surface area contributed by atoms with Crippen molar-refractivity contribution >= 4 is 27.0 Å². The molecule has 3 heterocycles. The van der Waals surface area contributed by atoms with Crippen molar-refractivity contribution in [2.24, 2.45) is 0 Å². The molecule has 2 aromatic heterocycles. The molecule has 0 bridgehead atoms. The van der Waals surface area contributed by atoms with Crippen LogP contribution in [0.15, 0.2) is 57.4 Å². The highest BCUT2D eigenvalue weighted by Crippen LogP contribution is 2.27. The van der Waals surface area contributed by atoms with Gasteiger partial charge in [0.05, 0.1) is 17.7 Å². The molecule has 0 N–H and O–H groups in total.